The Balaban J connectivity index is 1.62. The number of hydrogen-bond acceptors (Lipinski definition) is 5. The van der Waals surface area contributed by atoms with Gasteiger partial charge in [-0.1, -0.05) is 48.5 Å². The quantitative estimate of drug-likeness (QED) is 0.348. The summed E-state index contributed by atoms with van der Waals surface area (Å²) < 4.78 is 35.3. The fourth-order valence-electron chi connectivity index (χ4n) is 3.94. The molecule has 2 N–H and O–H groups in total. The van der Waals surface area contributed by atoms with E-state index in [1.165, 1.54) is 6.07 Å². The number of benzene rings is 3. The van der Waals surface area contributed by atoms with Crippen LogP contribution in [-0.4, -0.2) is 30.6 Å². The first-order valence-electron chi connectivity index (χ1n) is 11.6. The van der Waals surface area contributed by atoms with E-state index in [-0.39, 0.29) is 4.90 Å². The average molecular weight is 505 g/mol. The molecule has 0 aliphatic carbocycles. The van der Waals surface area contributed by atoms with Gasteiger partial charge in [0.15, 0.2) is 0 Å². The first-order valence-corrected chi connectivity index (χ1v) is 13.0. The number of nitrogens with zero attached hydrogens (tertiary/aromatic N) is 2. The van der Waals surface area contributed by atoms with Gasteiger partial charge in [-0.05, 0) is 61.7 Å². The van der Waals surface area contributed by atoms with Crippen LogP contribution in [0, 0.1) is 6.92 Å². The Labute approximate surface area is 211 Å². The number of sulfonamides is 1. The van der Waals surface area contributed by atoms with E-state index in [9.17, 15) is 13.2 Å². The molecule has 0 saturated heterocycles. The van der Waals surface area contributed by atoms with Gasteiger partial charge >= 0.3 is 6.03 Å². The average Bonchev–Trinajstić information content (AvgIpc) is 3.35. The lowest BCUT2D eigenvalue weighted by Gasteiger charge is -2.21. The Morgan fingerprint density at radius 2 is 1.69 bits per heavy atom. The highest BCUT2D eigenvalue weighted by Gasteiger charge is 2.25. The zero-order valence-electron chi connectivity index (χ0n) is 20.1. The van der Waals surface area contributed by atoms with Crippen LogP contribution in [-0.2, 0) is 16.4 Å². The minimum Gasteiger partial charge on any atom is -0.494 e. The van der Waals surface area contributed by atoms with Crippen LogP contribution < -0.4 is 14.8 Å². The summed E-state index contributed by atoms with van der Waals surface area (Å²) in [6.07, 6.45) is 3.85. The second kappa shape index (κ2) is 11.1. The zero-order chi connectivity index (χ0) is 25.5. The molecule has 9 heteroatoms. The van der Waals surface area contributed by atoms with E-state index in [2.05, 4.69) is 15.0 Å². The molecule has 0 aliphatic heterocycles. The van der Waals surface area contributed by atoms with Crippen LogP contribution in [0.5, 0.6) is 5.75 Å². The van der Waals surface area contributed by atoms with E-state index in [1.54, 1.807) is 37.5 Å². The van der Waals surface area contributed by atoms with Crippen LogP contribution in [0.3, 0.4) is 0 Å². The van der Waals surface area contributed by atoms with Gasteiger partial charge in [-0.3, -0.25) is 0 Å². The molecule has 0 radical (unpaired) electrons. The smallest absolute Gasteiger partial charge is 0.329 e. The molecule has 0 aliphatic rings. The molecule has 2 amide bonds. The first kappa shape index (κ1) is 25.0. The lowest BCUT2D eigenvalue weighted by Crippen LogP contribution is -2.42. The maximum Gasteiger partial charge on any atom is 0.329 e. The molecule has 0 fully saturated rings. The predicted molar refractivity (Wildman–Crippen MR) is 138 cm³/mol. The topological polar surface area (TPSA) is 102 Å². The van der Waals surface area contributed by atoms with Crippen molar-refractivity contribution in [1.82, 2.24) is 19.6 Å². The lowest BCUT2D eigenvalue weighted by atomic mass is 10.1. The second-order valence-corrected chi connectivity index (χ2v) is 9.82. The van der Waals surface area contributed by atoms with E-state index in [4.69, 9.17) is 4.74 Å². The maximum atomic E-state index is 12.9. The molecule has 1 unspecified atom stereocenters. The number of amides is 2. The summed E-state index contributed by atoms with van der Waals surface area (Å²) in [5.74, 6) is 1.31. The van der Waals surface area contributed by atoms with Gasteiger partial charge in [0.1, 0.15) is 11.6 Å². The Morgan fingerprint density at radius 1 is 1.00 bits per heavy atom. The molecular weight excluding hydrogens is 476 g/mol. The number of urea groups is 1. The van der Waals surface area contributed by atoms with E-state index < -0.39 is 22.1 Å². The van der Waals surface area contributed by atoms with Crippen molar-refractivity contribution in [2.24, 2.45) is 0 Å². The van der Waals surface area contributed by atoms with Crippen LogP contribution in [0.1, 0.15) is 29.9 Å². The number of imidazole rings is 1. The van der Waals surface area contributed by atoms with E-state index >= 15 is 0 Å². The summed E-state index contributed by atoms with van der Waals surface area (Å²) >= 11 is 0. The number of hydrogen-bond donors (Lipinski definition) is 2. The third-order valence-corrected chi connectivity index (χ3v) is 7.10. The Bertz CT molecular complexity index is 1420. The monoisotopic (exact) mass is 504 g/mol. The summed E-state index contributed by atoms with van der Waals surface area (Å²) in [6, 6.07) is 22.2. The molecular formula is C27H28N4O4S. The van der Waals surface area contributed by atoms with Gasteiger partial charge < -0.3 is 14.6 Å². The number of carbonyl (C=O) groups is 1. The van der Waals surface area contributed by atoms with Crippen molar-refractivity contribution in [1.29, 1.82) is 0 Å². The van der Waals surface area contributed by atoms with Crippen LogP contribution in [0.15, 0.2) is 96.2 Å². The highest BCUT2D eigenvalue weighted by Crippen LogP contribution is 2.23. The maximum absolute atomic E-state index is 12.9. The number of nitrogens with one attached hydrogen (secondary N) is 2. The molecule has 1 heterocycles. The molecule has 4 aromatic rings. The van der Waals surface area contributed by atoms with Gasteiger partial charge in [-0.25, -0.2) is 22.9 Å². The molecule has 0 spiro atoms. The summed E-state index contributed by atoms with van der Waals surface area (Å²) in [4.78, 5) is 17.5. The fraction of sp³-hybridized carbons (Fsp3) is 0.185. The van der Waals surface area contributed by atoms with Crippen molar-refractivity contribution in [3.05, 3.63) is 108 Å². The fourth-order valence-corrected chi connectivity index (χ4v) is 5.10. The van der Waals surface area contributed by atoms with Crippen LogP contribution >= 0.6 is 0 Å². The number of aromatic nitrogens is 2. The van der Waals surface area contributed by atoms with Crippen molar-refractivity contribution in [2.45, 2.75) is 31.2 Å². The molecule has 4 rings (SSSR count). The number of carbonyl (C=O) groups excluding carboxylic acids is 1. The van der Waals surface area contributed by atoms with Gasteiger partial charge in [0, 0.05) is 18.1 Å². The van der Waals surface area contributed by atoms with E-state index in [0.29, 0.717) is 24.4 Å². The third-order valence-electron chi connectivity index (χ3n) is 5.61. The third kappa shape index (κ3) is 5.92. The van der Waals surface area contributed by atoms with Crippen molar-refractivity contribution in [2.75, 3.05) is 6.61 Å². The predicted octanol–water partition coefficient (Wildman–Crippen LogP) is 4.55. The largest absolute Gasteiger partial charge is 0.494 e. The SMILES string of the molecule is CCOc1ccc(-n2ccnc2C(Cc2ccccc2)NC(=O)NS(=O)(=O)c2ccccc2C)cc1. The molecule has 36 heavy (non-hydrogen) atoms. The van der Waals surface area contributed by atoms with Gasteiger partial charge in [-0.15, -0.1) is 0 Å². The summed E-state index contributed by atoms with van der Waals surface area (Å²) in [5, 5.41) is 2.82. The van der Waals surface area contributed by atoms with Crippen molar-refractivity contribution >= 4 is 16.1 Å². The molecule has 3 aromatic carbocycles. The highest BCUT2D eigenvalue weighted by atomic mass is 32.2. The Morgan fingerprint density at radius 3 is 2.39 bits per heavy atom. The van der Waals surface area contributed by atoms with Gasteiger partial charge in [-0.2, -0.15) is 0 Å². The van der Waals surface area contributed by atoms with Crippen LogP contribution in [0.2, 0.25) is 0 Å². The second-order valence-electron chi connectivity index (χ2n) is 8.17. The first-order chi connectivity index (χ1) is 17.4. The van der Waals surface area contributed by atoms with Crippen molar-refractivity contribution in [3.8, 4) is 11.4 Å². The van der Waals surface area contributed by atoms with Gasteiger partial charge in [0.2, 0.25) is 0 Å². The molecule has 0 saturated carbocycles. The Kier molecular flexibility index (Phi) is 7.70. The van der Waals surface area contributed by atoms with Crippen molar-refractivity contribution < 1.29 is 17.9 Å². The van der Waals surface area contributed by atoms with Gasteiger partial charge in [0.25, 0.3) is 10.0 Å². The molecule has 0 bridgehead atoms. The minimum absolute atomic E-state index is 0.0515. The minimum atomic E-state index is -4.05. The summed E-state index contributed by atoms with van der Waals surface area (Å²) in [5.41, 5.74) is 2.34. The van der Waals surface area contributed by atoms with Crippen LogP contribution in [0.4, 0.5) is 4.79 Å². The summed E-state index contributed by atoms with van der Waals surface area (Å²) in [6.45, 7) is 4.17. The highest BCUT2D eigenvalue weighted by molar-refractivity contribution is 7.90. The van der Waals surface area contributed by atoms with Crippen LogP contribution in [0.25, 0.3) is 5.69 Å². The van der Waals surface area contributed by atoms with E-state index in [1.807, 2.05) is 66.1 Å². The Hall–Kier alpha value is -4.11. The van der Waals surface area contributed by atoms with E-state index in [0.717, 1.165) is 17.0 Å². The summed E-state index contributed by atoms with van der Waals surface area (Å²) in [7, 11) is -4.05. The molecule has 186 valence electrons. The number of ether oxygens (including phenoxy) is 1. The standard InChI is InChI=1S/C27H28N4O4S/c1-3-35-23-15-13-22(14-16-23)31-18-17-28-26(31)24(19-21-10-5-4-6-11-21)29-27(32)30-36(33,34)25-12-8-7-9-20(25)2/h4-18,24H,3,19H2,1-2H3,(H2,29,30,32). The molecule has 8 nitrogen and oxygen atoms in total. The lowest BCUT2D eigenvalue weighted by molar-refractivity contribution is 0.241. The molecule has 1 aromatic heterocycles. The van der Waals surface area contributed by atoms with Crippen molar-refractivity contribution in [3.63, 3.8) is 0 Å². The molecule has 1 atom stereocenters. The normalized spacial score (nSPS) is 12.1. The van der Waals surface area contributed by atoms with Gasteiger partial charge in [0.05, 0.1) is 17.5 Å². The number of rotatable bonds is 9. The number of aryl methyl sites for hydroxylation is 1. The zero-order valence-corrected chi connectivity index (χ0v) is 20.9.